The van der Waals surface area contributed by atoms with Crippen LogP contribution in [0.25, 0.3) is 0 Å². The van der Waals surface area contributed by atoms with E-state index in [9.17, 15) is 0 Å². The molecule has 4 N–H and O–H groups in total. The Bertz CT molecular complexity index is 15.2. The molecule has 0 amide bonds. The summed E-state index contributed by atoms with van der Waals surface area (Å²) in [6.07, 6.45) is 2.19. The predicted octanol–water partition coefficient (Wildman–Crippen LogP) is 1.74. The van der Waals surface area contributed by atoms with Crippen LogP contribution < -0.4 is 11.5 Å². The van der Waals surface area contributed by atoms with E-state index in [0.29, 0.717) is 0 Å². The smallest absolute Gasteiger partial charge is 0.00799 e. The van der Waals surface area contributed by atoms with Crippen molar-refractivity contribution in [3.05, 3.63) is 0 Å². The van der Waals surface area contributed by atoms with E-state index in [1.54, 1.807) is 0 Å². The van der Waals surface area contributed by atoms with Crippen molar-refractivity contribution >= 4 is 0 Å². The van der Waals surface area contributed by atoms with Crippen LogP contribution in [0.1, 0.15) is 40.5 Å². The molecule has 0 aromatic carbocycles. The number of rotatable bonds is 2. The van der Waals surface area contributed by atoms with E-state index in [4.69, 9.17) is 11.5 Å². The summed E-state index contributed by atoms with van der Waals surface area (Å²) in [7, 11) is 0. The first kappa shape index (κ1) is 16.5. The predicted molar refractivity (Wildman–Crippen MR) is 50.0 cm³/mol. The van der Waals surface area contributed by atoms with Crippen LogP contribution in [-0.2, 0) is 0 Å². The Kier molecular flexibility index (Phi) is 60.0. The molecule has 0 aromatic rings. The Labute approximate surface area is 66.0 Å². The third-order valence-electron chi connectivity index (χ3n) is 0.577. The monoisotopic (exact) mass is 148 g/mol. The maximum atomic E-state index is 5.03. The highest BCUT2D eigenvalue weighted by molar-refractivity contribution is 4.19. The van der Waals surface area contributed by atoms with Gasteiger partial charge in [0, 0.05) is 0 Å². The maximum absolute atomic E-state index is 5.03. The topological polar surface area (TPSA) is 52.0 Å². The van der Waals surface area contributed by atoms with Crippen molar-refractivity contribution in [1.82, 2.24) is 0 Å². The fraction of sp³-hybridized carbons (Fsp3) is 1.00. The summed E-state index contributed by atoms with van der Waals surface area (Å²) in [5.74, 6) is 0. The molecule has 0 heterocycles. The minimum atomic E-state index is 0.819. The minimum Gasteiger partial charge on any atom is -0.330 e. The Hall–Kier alpha value is -0.0800. The van der Waals surface area contributed by atoms with Crippen LogP contribution in [0.15, 0.2) is 0 Å². The largest absolute Gasteiger partial charge is 0.330 e. The number of hydrogen-bond donors (Lipinski definition) is 2. The Balaban J connectivity index is -0.0000000787. The van der Waals surface area contributed by atoms with E-state index in [-0.39, 0.29) is 0 Å². The summed E-state index contributed by atoms with van der Waals surface area (Å²) in [6, 6.07) is 0. The van der Waals surface area contributed by atoms with E-state index in [1.165, 1.54) is 0 Å². The van der Waals surface area contributed by atoms with Crippen LogP contribution >= 0.6 is 0 Å². The fourth-order valence-corrected chi connectivity index (χ4v) is 0. The molecule has 0 saturated carbocycles. The lowest BCUT2D eigenvalue weighted by atomic mass is 10.5. The molecule has 66 valence electrons. The highest BCUT2D eigenvalue weighted by Gasteiger charge is 1.55. The molecule has 0 unspecified atom stereocenters. The average Bonchev–Trinajstić information content (AvgIpc) is 2.08. The third-order valence-corrected chi connectivity index (χ3v) is 0.577. The molecule has 0 aliphatic heterocycles. The highest BCUT2D eigenvalue weighted by atomic mass is 14.5. The van der Waals surface area contributed by atoms with Crippen molar-refractivity contribution in [3.8, 4) is 0 Å². The van der Waals surface area contributed by atoms with Crippen LogP contribution in [-0.4, -0.2) is 13.1 Å². The molecule has 2 heteroatoms. The van der Waals surface area contributed by atoms with Gasteiger partial charge in [0.1, 0.15) is 0 Å². The van der Waals surface area contributed by atoms with Crippen molar-refractivity contribution in [2.75, 3.05) is 13.1 Å². The molecule has 0 fully saturated rings. The first-order valence-electron chi connectivity index (χ1n) is 4.23. The second-order valence-corrected chi connectivity index (χ2v) is 1.58. The van der Waals surface area contributed by atoms with Gasteiger partial charge in [-0.25, -0.2) is 0 Å². The van der Waals surface area contributed by atoms with Gasteiger partial charge in [-0.2, -0.15) is 0 Å². The van der Waals surface area contributed by atoms with Crippen LogP contribution in [0.4, 0.5) is 0 Å². The molecule has 0 aliphatic carbocycles. The fourth-order valence-electron chi connectivity index (χ4n) is 0. The Morgan fingerprint density at radius 2 is 0.900 bits per heavy atom. The van der Waals surface area contributed by atoms with E-state index < -0.39 is 0 Å². The normalized spacial score (nSPS) is 6.60. The molecule has 0 aromatic heterocycles. The molecule has 10 heavy (non-hydrogen) atoms. The van der Waals surface area contributed by atoms with Crippen LogP contribution in [0.3, 0.4) is 0 Å². The first-order valence-corrected chi connectivity index (χ1v) is 4.23. The third kappa shape index (κ3) is 103. The van der Waals surface area contributed by atoms with Gasteiger partial charge in [0.05, 0.1) is 0 Å². The summed E-state index contributed by atoms with van der Waals surface area (Å²) in [4.78, 5) is 0. The van der Waals surface area contributed by atoms with Crippen molar-refractivity contribution < 1.29 is 0 Å². The maximum Gasteiger partial charge on any atom is -0.00799 e. The molecule has 0 spiro atoms. The van der Waals surface area contributed by atoms with Crippen molar-refractivity contribution in [2.24, 2.45) is 11.5 Å². The zero-order chi connectivity index (χ0) is 8.83. The summed E-state index contributed by atoms with van der Waals surface area (Å²) >= 11 is 0. The second-order valence-electron chi connectivity index (χ2n) is 1.58. The van der Waals surface area contributed by atoms with Gasteiger partial charge in [-0.15, -0.1) is 0 Å². The average molecular weight is 148 g/mol. The van der Waals surface area contributed by atoms with Crippen molar-refractivity contribution in [3.63, 3.8) is 0 Å². The quantitative estimate of drug-likeness (QED) is 0.626. The van der Waals surface area contributed by atoms with E-state index in [1.807, 2.05) is 13.8 Å². The SMILES string of the molecule is CC.CCCN.CCCN. The van der Waals surface area contributed by atoms with Gasteiger partial charge in [-0.3, -0.25) is 0 Å². The standard InChI is InChI=1S/2C3H9N.C2H6/c2*1-2-3-4;1-2/h2*2-4H2,1H3;1-2H3. The van der Waals surface area contributed by atoms with Gasteiger partial charge in [-0.1, -0.05) is 27.7 Å². The molecular weight excluding hydrogens is 124 g/mol. The molecule has 0 radical (unpaired) electrons. The molecule has 0 rings (SSSR count). The number of nitrogens with two attached hydrogens (primary N) is 2. The lowest BCUT2D eigenvalue weighted by Crippen LogP contribution is -1.93. The van der Waals surface area contributed by atoms with Crippen LogP contribution in [0.5, 0.6) is 0 Å². The first-order chi connectivity index (χ1) is 4.83. The van der Waals surface area contributed by atoms with Gasteiger partial charge >= 0.3 is 0 Å². The summed E-state index contributed by atoms with van der Waals surface area (Å²) in [6.45, 7) is 9.75. The number of hydrogen-bond acceptors (Lipinski definition) is 2. The van der Waals surface area contributed by atoms with Gasteiger partial charge in [0.15, 0.2) is 0 Å². The van der Waals surface area contributed by atoms with Gasteiger partial charge in [0.2, 0.25) is 0 Å². The van der Waals surface area contributed by atoms with Crippen LogP contribution in [0, 0.1) is 0 Å². The lowest BCUT2D eigenvalue weighted by molar-refractivity contribution is 0.932. The molecule has 2 nitrogen and oxygen atoms in total. The van der Waals surface area contributed by atoms with Gasteiger partial charge in [0.25, 0.3) is 0 Å². The molecule has 0 atom stereocenters. The zero-order valence-corrected chi connectivity index (χ0v) is 7.98. The summed E-state index contributed by atoms with van der Waals surface area (Å²) < 4.78 is 0. The Morgan fingerprint density at radius 3 is 0.900 bits per heavy atom. The van der Waals surface area contributed by atoms with E-state index in [0.717, 1.165) is 25.9 Å². The molecule has 0 aliphatic rings. The molecule has 0 saturated heterocycles. The summed E-state index contributed by atoms with van der Waals surface area (Å²) in [5, 5.41) is 0. The van der Waals surface area contributed by atoms with E-state index in [2.05, 4.69) is 13.8 Å². The van der Waals surface area contributed by atoms with Gasteiger partial charge < -0.3 is 11.5 Å². The van der Waals surface area contributed by atoms with Crippen molar-refractivity contribution in [1.29, 1.82) is 0 Å². The van der Waals surface area contributed by atoms with Gasteiger partial charge in [-0.05, 0) is 25.9 Å². The zero-order valence-electron chi connectivity index (χ0n) is 7.98. The van der Waals surface area contributed by atoms with Crippen molar-refractivity contribution in [2.45, 2.75) is 40.5 Å². The van der Waals surface area contributed by atoms with E-state index >= 15 is 0 Å². The Morgan fingerprint density at radius 1 is 0.800 bits per heavy atom. The highest BCUT2D eigenvalue weighted by Crippen LogP contribution is 1.57. The second kappa shape index (κ2) is 36.4. The lowest BCUT2D eigenvalue weighted by Gasteiger charge is -1.70. The molecule has 0 bridgehead atoms. The minimum absolute atomic E-state index is 0.819. The summed E-state index contributed by atoms with van der Waals surface area (Å²) in [5.41, 5.74) is 10.1. The van der Waals surface area contributed by atoms with Crippen LogP contribution in [0.2, 0.25) is 0 Å². The molecular formula is C8H24N2.